The van der Waals surface area contributed by atoms with Crippen molar-refractivity contribution in [3.8, 4) is 5.75 Å². The minimum Gasteiger partial charge on any atom is -0.496 e. The van der Waals surface area contributed by atoms with Crippen molar-refractivity contribution in [2.75, 3.05) is 17.7 Å². The van der Waals surface area contributed by atoms with Crippen LogP contribution >= 0.6 is 0 Å². The van der Waals surface area contributed by atoms with E-state index in [4.69, 9.17) is 4.74 Å². The molecular weight excluding hydrogens is 506 g/mol. The number of aromatic nitrogens is 1. The number of nitrogens with one attached hydrogen (secondary N) is 2. The zero-order valence-corrected chi connectivity index (χ0v) is 23.1. The van der Waals surface area contributed by atoms with Crippen LogP contribution in [-0.2, 0) is 11.3 Å². The number of carbonyl (C=O) groups is 3. The second-order valence-electron chi connectivity index (χ2n) is 9.79. The fourth-order valence-corrected chi connectivity index (χ4v) is 4.79. The molecule has 4 aromatic rings. The molecule has 0 aliphatic carbocycles. The third-order valence-corrected chi connectivity index (χ3v) is 7.11. The summed E-state index contributed by atoms with van der Waals surface area (Å²) in [6.07, 6.45) is 5.78. The normalized spacial score (nSPS) is 11.7. The van der Waals surface area contributed by atoms with Gasteiger partial charge in [0.15, 0.2) is 0 Å². The molecule has 40 heavy (non-hydrogen) atoms. The van der Waals surface area contributed by atoms with Gasteiger partial charge in [-0.2, -0.15) is 0 Å². The minimum absolute atomic E-state index is 0.0000144. The molecule has 4 rings (SSSR count). The van der Waals surface area contributed by atoms with Crippen LogP contribution in [0.1, 0.15) is 65.8 Å². The van der Waals surface area contributed by atoms with Gasteiger partial charge in [-0.1, -0.05) is 51.0 Å². The molecule has 1 atom stereocenters. The highest BCUT2D eigenvalue weighted by Gasteiger charge is 2.18. The quantitative estimate of drug-likeness (QED) is 0.183. The van der Waals surface area contributed by atoms with Gasteiger partial charge in [0.25, 0.3) is 5.91 Å². The Labute approximate surface area is 234 Å². The number of anilines is 2. The number of carboxylic acids is 1. The highest BCUT2D eigenvalue weighted by atomic mass is 16.5. The van der Waals surface area contributed by atoms with Gasteiger partial charge in [0.05, 0.1) is 30.4 Å². The van der Waals surface area contributed by atoms with Gasteiger partial charge in [0, 0.05) is 28.9 Å². The van der Waals surface area contributed by atoms with Crippen LogP contribution in [0, 0.1) is 5.92 Å². The molecule has 0 radical (unpaired) electrons. The van der Waals surface area contributed by atoms with Gasteiger partial charge in [-0.25, -0.2) is 4.79 Å². The fraction of sp³-hybridized carbons (Fsp3) is 0.281. The van der Waals surface area contributed by atoms with Crippen LogP contribution in [0.2, 0.25) is 0 Å². The van der Waals surface area contributed by atoms with Gasteiger partial charge in [-0.05, 0) is 60.7 Å². The average Bonchev–Trinajstić information content (AvgIpc) is 3.35. The number of unbranched alkanes of at least 4 members (excludes halogenated alkanes) is 1. The topological polar surface area (TPSA) is 110 Å². The highest BCUT2D eigenvalue weighted by Crippen LogP contribution is 2.27. The molecule has 0 saturated carbocycles. The number of carboxylic acid groups (broad SMARTS) is 1. The molecule has 2 amide bonds. The monoisotopic (exact) mass is 541 g/mol. The van der Waals surface area contributed by atoms with E-state index >= 15 is 0 Å². The van der Waals surface area contributed by atoms with Crippen LogP contribution in [0.4, 0.5) is 11.4 Å². The number of carbonyl (C=O) groups excluding carboxylic acids is 2. The van der Waals surface area contributed by atoms with Crippen molar-refractivity contribution in [2.24, 2.45) is 5.92 Å². The molecule has 1 heterocycles. The number of nitrogens with zero attached hydrogens (tertiary/aromatic N) is 1. The predicted octanol–water partition coefficient (Wildman–Crippen LogP) is 6.80. The van der Waals surface area contributed by atoms with Crippen molar-refractivity contribution < 1.29 is 24.2 Å². The molecule has 0 fully saturated rings. The number of hydrogen-bond acceptors (Lipinski definition) is 4. The Hall–Kier alpha value is -4.59. The lowest BCUT2D eigenvalue weighted by Gasteiger charge is -2.15. The highest BCUT2D eigenvalue weighted by molar-refractivity contribution is 6.08. The second kappa shape index (κ2) is 13.0. The van der Waals surface area contributed by atoms with Crippen molar-refractivity contribution in [3.63, 3.8) is 0 Å². The molecule has 208 valence electrons. The molecule has 8 nitrogen and oxygen atoms in total. The van der Waals surface area contributed by atoms with E-state index in [1.165, 1.54) is 6.07 Å². The van der Waals surface area contributed by atoms with Crippen LogP contribution in [0.15, 0.2) is 72.9 Å². The van der Waals surface area contributed by atoms with Gasteiger partial charge in [-0.15, -0.1) is 0 Å². The number of fused-ring (bicyclic) bond motifs is 1. The zero-order valence-electron chi connectivity index (χ0n) is 23.1. The van der Waals surface area contributed by atoms with E-state index in [1.54, 1.807) is 37.4 Å². The minimum atomic E-state index is -1.12. The van der Waals surface area contributed by atoms with Crippen molar-refractivity contribution in [1.29, 1.82) is 0 Å². The smallest absolute Gasteiger partial charge is 0.337 e. The van der Waals surface area contributed by atoms with E-state index in [9.17, 15) is 19.5 Å². The molecule has 0 saturated heterocycles. The van der Waals surface area contributed by atoms with Crippen LogP contribution in [0.25, 0.3) is 10.9 Å². The molecule has 8 heteroatoms. The number of methoxy groups -OCH3 is 1. The standard InChI is InChI=1S/C32H35N3O5/c1-4-6-9-21(5-2)30(36)33-25-15-14-22-16-17-35(28(22)19-25)20-24-13-12-23(18-29(24)40-3)31(37)34-27-11-8-7-10-26(27)32(38)39/h7-8,10-19,21H,4-6,9,20H2,1-3H3,(H,33,36)(H,34,37)(H,38,39). The Morgan fingerprint density at radius 3 is 2.50 bits per heavy atom. The van der Waals surface area contributed by atoms with Crippen LogP contribution < -0.4 is 15.4 Å². The number of hydrogen-bond donors (Lipinski definition) is 3. The van der Waals surface area contributed by atoms with Crippen LogP contribution in [0.3, 0.4) is 0 Å². The summed E-state index contributed by atoms with van der Waals surface area (Å²) in [7, 11) is 1.55. The first-order valence-electron chi connectivity index (χ1n) is 13.5. The van der Waals surface area contributed by atoms with Crippen molar-refractivity contribution in [1.82, 2.24) is 4.57 Å². The third kappa shape index (κ3) is 6.51. The molecule has 3 N–H and O–H groups in total. The molecule has 1 aromatic heterocycles. The van der Waals surface area contributed by atoms with E-state index < -0.39 is 11.9 Å². The zero-order chi connectivity index (χ0) is 28.6. The van der Waals surface area contributed by atoms with Gasteiger partial charge < -0.3 is 25.0 Å². The lowest BCUT2D eigenvalue weighted by Crippen LogP contribution is -2.22. The predicted molar refractivity (Wildman–Crippen MR) is 157 cm³/mol. The van der Waals surface area contributed by atoms with E-state index in [0.717, 1.165) is 47.8 Å². The number of ether oxygens (including phenoxy) is 1. The van der Waals surface area contributed by atoms with E-state index in [2.05, 4.69) is 22.1 Å². The Morgan fingerprint density at radius 2 is 1.77 bits per heavy atom. The number of para-hydroxylation sites is 1. The van der Waals surface area contributed by atoms with Gasteiger partial charge >= 0.3 is 5.97 Å². The average molecular weight is 542 g/mol. The summed E-state index contributed by atoms with van der Waals surface area (Å²) in [5.41, 5.74) is 3.17. The summed E-state index contributed by atoms with van der Waals surface area (Å²) in [4.78, 5) is 37.2. The molecule has 1 unspecified atom stereocenters. The fourth-order valence-electron chi connectivity index (χ4n) is 4.79. The van der Waals surface area contributed by atoms with Crippen LogP contribution in [0.5, 0.6) is 5.75 Å². The summed E-state index contributed by atoms with van der Waals surface area (Å²) in [6.45, 7) is 4.67. The Balaban J connectivity index is 1.53. The van der Waals surface area contributed by atoms with Crippen molar-refractivity contribution in [2.45, 2.75) is 46.1 Å². The first-order chi connectivity index (χ1) is 19.3. The van der Waals surface area contributed by atoms with E-state index in [-0.39, 0.29) is 23.1 Å². The number of amides is 2. The molecule has 0 aliphatic rings. The Kier molecular flexibility index (Phi) is 9.22. The summed E-state index contributed by atoms with van der Waals surface area (Å²) in [6, 6.07) is 19.3. The number of aromatic carboxylic acids is 1. The summed E-state index contributed by atoms with van der Waals surface area (Å²) < 4.78 is 7.68. The summed E-state index contributed by atoms with van der Waals surface area (Å²) in [5, 5.41) is 16.2. The maximum absolute atomic E-state index is 12.9. The van der Waals surface area contributed by atoms with Crippen molar-refractivity contribution in [3.05, 3.63) is 89.6 Å². The third-order valence-electron chi connectivity index (χ3n) is 7.11. The number of rotatable bonds is 12. The summed E-state index contributed by atoms with van der Waals surface area (Å²) >= 11 is 0. The van der Waals surface area contributed by atoms with Crippen LogP contribution in [-0.4, -0.2) is 34.6 Å². The van der Waals surface area contributed by atoms with E-state index in [1.807, 2.05) is 43.5 Å². The van der Waals surface area contributed by atoms with Gasteiger partial charge in [-0.3, -0.25) is 9.59 Å². The number of benzene rings is 3. The SMILES string of the molecule is CCCCC(CC)C(=O)Nc1ccc2ccn(Cc3ccc(C(=O)Nc4ccccc4C(=O)O)cc3OC)c2c1. The second-order valence-corrected chi connectivity index (χ2v) is 9.79. The molecule has 0 spiro atoms. The first-order valence-corrected chi connectivity index (χ1v) is 13.5. The Bertz CT molecular complexity index is 1520. The molecule has 0 aliphatic heterocycles. The lowest BCUT2D eigenvalue weighted by atomic mass is 9.98. The first kappa shape index (κ1) is 28.4. The van der Waals surface area contributed by atoms with Gasteiger partial charge in [0.1, 0.15) is 5.75 Å². The maximum atomic E-state index is 12.9. The molecular formula is C32H35N3O5. The van der Waals surface area contributed by atoms with E-state index in [0.29, 0.717) is 17.9 Å². The summed E-state index contributed by atoms with van der Waals surface area (Å²) in [5.74, 6) is -0.969. The lowest BCUT2D eigenvalue weighted by molar-refractivity contribution is -0.120. The maximum Gasteiger partial charge on any atom is 0.337 e. The van der Waals surface area contributed by atoms with Crippen molar-refractivity contribution >= 4 is 40.1 Å². The van der Waals surface area contributed by atoms with Gasteiger partial charge in [0.2, 0.25) is 5.91 Å². The molecule has 3 aromatic carbocycles. The Morgan fingerprint density at radius 1 is 0.975 bits per heavy atom. The molecule has 0 bridgehead atoms. The largest absolute Gasteiger partial charge is 0.496 e.